The van der Waals surface area contributed by atoms with Gasteiger partial charge in [-0.2, -0.15) is 0 Å². The molecule has 0 spiro atoms. The van der Waals surface area contributed by atoms with E-state index >= 15 is 0 Å². The minimum absolute atomic E-state index is 0.0579. The molecular weight excluding hydrogens is 442 g/mol. The first kappa shape index (κ1) is 23.5. The van der Waals surface area contributed by atoms with Gasteiger partial charge in [-0.1, -0.05) is 0 Å². The lowest BCUT2D eigenvalue weighted by atomic mass is 9.88. The number of anilines is 1. The second kappa shape index (κ2) is 10.1. The highest BCUT2D eigenvalue weighted by Gasteiger charge is 2.31. The number of benzene rings is 2. The van der Waals surface area contributed by atoms with E-state index < -0.39 is 11.0 Å². The Morgan fingerprint density at radius 3 is 2.50 bits per heavy atom. The monoisotopic (exact) mass is 469 g/mol. The van der Waals surface area contributed by atoms with E-state index in [4.69, 9.17) is 14.2 Å². The van der Waals surface area contributed by atoms with Crippen LogP contribution in [-0.4, -0.2) is 61.0 Å². The van der Waals surface area contributed by atoms with Crippen LogP contribution in [0.1, 0.15) is 30.1 Å². The quantitative estimate of drug-likeness (QED) is 0.373. The van der Waals surface area contributed by atoms with Crippen molar-refractivity contribution in [2.75, 3.05) is 38.7 Å². The molecule has 1 N–H and O–H groups in total. The number of likely N-dealkylation sites (tertiary alicyclic amines) is 1. The number of fused-ring (bicyclic) bond motifs is 1. The van der Waals surface area contributed by atoms with Crippen molar-refractivity contribution >= 4 is 23.1 Å². The third-order valence-electron chi connectivity index (χ3n) is 6.31. The molecule has 2 aliphatic heterocycles. The molecule has 34 heavy (non-hydrogen) atoms. The van der Waals surface area contributed by atoms with Crippen LogP contribution >= 0.6 is 0 Å². The molecule has 1 amide bonds. The molecule has 1 saturated heterocycles. The average Bonchev–Trinajstić information content (AvgIpc) is 2.87. The highest BCUT2D eigenvalue weighted by molar-refractivity contribution is 5.99. The van der Waals surface area contributed by atoms with Crippen molar-refractivity contribution in [3.8, 4) is 17.2 Å². The van der Waals surface area contributed by atoms with Crippen LogP contribution in [0.15, 0.2) is 36.4 Å². The lowest BCUT2D eigenvalue weighted by molar-refractivity contribution is -0.384. The van der Waals surface area contributed by atoms with Crippen molar-refractivity contribution < 1.29 is 28.7 Å². The number of Topliss-reactive ketones (excluding diaryl/α,β-unsaturated/α-hetero) is 1. The summed E-state index contributed by atoms with van der Waals surface area (Å²) in [5, 5.41) is 14.0. The van der Waals surface area contributed by atoms with E-state index in [-0.39, 0.29) is 29.0 Å². The van der Waals surface area contributed by atoms with Gasteiger partial charge in [0.15, 0.2) is 17.3 Å². The van der Waals surface area contributed by atoms with Crippen LogP contribution in [0.2, 0.25) is 0 Å². The number of nitro groups is 1. The summed E-state index contributed by atoms with van der Waals surface area (Å²) in [6, 6.07) is 9.05. The molecule has 2 heterocycles. The average molecular weight is 469 g/mol. The van der Waals surface area contributed by atoms with Gasteiger partial charge >= 0.3 is 0 Å². The summed E-state index contributed by atoms with van der Waals surface area (Å²) in [7, 11) is 1.42. The molecule has 2 aromatic rings. The van der Waals surface area contributed by atoms with Gasteiger partial charge in [-0.15, -0.1) is 0 Å². The fourth-order valence-corrected chi connectivity index (χ4v) is 4.28. The van der Waals surface area contributed by atoms with Crippen molar-refractivity contribution in [2.45, 2.75) is 25.8 Å². The lowest BCUT2D eigenvalue weighted by Crippen LogP contribution is -2.47. The van der Waals surface area contributed by atoms with Gasteiger partial charge in [0.2, 0.25) is 5.91 Å². The Balaban J connectivity index is 1.35. The molecule has 2 aliphatic rings. The van der Waals surface area contributed by atoms with Crippen molar-refractivity contribution in [3.05, 3.63) is 52.1 Å². The van der Waals surface area contributed by atoms with Gasteiger partial charge in [-0.25, -0.2) is 0 Å². The maximum Gasteiger partial charge on any atom is 0.296 e. The smallest absolute Gasteiger partial charge is 0.296 e. The van der Waals surface area contributed by atoms with Gasteiger partial charge in [0, 0.05) is 11.5 Å². The van der Waals surface area contributed by atoms with Crippen molar-refractivity contribution in [2.24, 2.45) is 5.92 Å². The Bertz CT molecular complexity index is 1100. The molecule has 10 heteroatoms. The number of nitro benzene ring substituents is 1. The minimum atomic E-state index is -0.558. The summed E-state index contributed by atoms with van der Waals surface area (Å²) in [4.78, 5) is 38.6. The van der Waals surface area contributed by atoms with Crippen LogP contribution < -0.4 is 19.5 Å². The number of ketones is 1. The van der Waals surface area contributed by atoms with Gasteiger partial charge in [-0.05, 0) is 63.2 Å². The van der Waals surface area contributed by atoms with Crippen LogP contribution in [0, 0.1) is 16.0 Å². The van der Waals surface area contributed by atoms with E-state index in [0.717, 1.165) is 0 Å². The molecule has 4 rings (SSSR count). The standard InChI is InChI=1S/C24H27N3O7/c1-15(24(29)25-19-5-4-18(32-2)14-20(19)27(30)31)26-9-7-16(8-10-26)23(28)17-3-6-21-22(13-17)34-12-11-33-21/h3-6,13-16H,7-12H2,1-2H3,(H,25,29)/t15-/m1/s1. The number of methoxy groups -OCH3 is 1. The Labute approximate surface area is 196 Å². The Morgan fingerprint density at radius 1 is 1.12 bits per heavy atom. The second-order valence-corrected chi connectivity index (χ2v) is 8.34. The first-order valence-corrected chi connectivity index (χ1v) is 11.2. The van der Waals surface area contributed by atoms with E-state index in [1.165, 1.54) is 19.2 Å². The number of piperidine rings is 1. The van der Waals surface area contributed by atoms with Gasteiger partial charge in [0.05, 0.1) is 24.1 Å². The number of carbonyl (C=O) groups excluding carboxylic acids is 2. The lowest BCUT2D eigenvalue weighted by Gasteiger charge is -2.34. The fourth-order valence-electron chi connectivity index (χ4n) is 4.28. The molecule has 180 valence electrons. The number of hydrogen-bond donors (Lipinski definition) is 1. The van der Waals surface area contributed by atoms with Gasteiger partial charge in [-0.3, -0.25) is 24.6 Å². The molecule has 0 radical (unpaired) electrons. The predicted octanol–water partition coefficient (Wildman–Crippen LogP) is 3.30. The highest BCUT2D eigenvalue weighted by Crippen LogP contribution is 2.33. The van der Waals surface area contributed by atoms with Crippen molar-refractivity contribution in [1.82, 2.24) is 4.90 Å². The summed E-state index contributed by atoms with van der Waals surface area (Å²) in [6.45, 7) is 3.85. The van der Waals surface area contributed by atoms with E-state index in [1.807, 2.05) is 4.90 Å². The Morgan fingerprint density at radius 2 is 1.82 bits per heavy atom. The molecular formula is C24H27N3O7. The predicted molar refractivity (Wildman–Crippen MR) is 124 cm³/mol. The molecule has 0 bridgehead atoms. The van der Waals surface area contributed by atoms with E-state index in [9.17, 15) is 19.7 Å². The number of rotatable bonds is 7. The molecule has 0 saturated carbocycles. The summed E-state index contributed by atoms with van der Waals surface area (Å²) in [5.41, 5.74) is 0.482. The zero-order valence-corrected chi connectivity index (χ0v) is 19.1. The third kappa shape index (κ3) is 4.96. The van der Waals surface area contributed by atoms with Crippen LogP contribution in [-0.2, 0) is 4.79 Å². The second-order valence-electron chi connectivity index (χ2n) is 8.34. The highest BCUT2D eigenvalue weighted by atomic mass is 16.6. The van der Waals surface area contributed by atoms with Crippen LogP contribution in [0.5, 0.6) is 17.2 Å². The largest absolute Gasteiger partial charge is 0.496 e. The van der Waals surface area contributed by atoms with E-state index in [1.54, 1.807) is 31.2 Å². The van der Waals surface area contributed by atoms with Crippen LogP contribution in [0.3, 0.4) is 0 Å². The van der Waals surface area contributed by atoms with Crippen LogP contribution in [0.4, 0.5) is 11.4 Å². The molecule has 0 unspecified atom stereocenters. The maximum absolute atomic E-state index is 13.0. The number of hydrogen-bond acceptors (Lipinski definition) is 8. The third-order valence-corrected chi connectivity index (χ3v) is 6.31. The van der Waals surface area contributed by atoms with Gasteiger partial charge < -0.3 is 19.5 Å². The molecule has 1 atom stereocenters. The molecule has 0 aromatic heterocycles. The number of nitrogens with one attached hydrogen (secondary N) is 1. The molecule has 1 fully saturated rings. The minimum Gasteiger partial charge on any atom is -0.496 e. The number of amides is 1. The zero-order chi connectivity index (χ0) is 24.2. The Hall–Kier alpha value is -3.66. The van der Waals surface area contributed by atoms with E-state index in [2.05, 4.69) is 5.32 Å². The SMILES string of the molecule is COc1ccc(NC(=O)[C@@H](C)N2CCC(C(=O)c3ccc4c(c3)OCCO4)CC2)c([N+](=O)[O-])c1. The van der Waals surface area contributed by atoms with Crippen molar-refractivity contribution in [3.63, 3.8) is 0 Å². The fraction of sp³-hybridized carbons (Fsp3) is 0.417. The Kier molecular flexibility index (Phi) is 6.97. The molecule has 10 nitrogen and oxygen atoms in total. The number of carbonyl (C=O) groups is 2. The van der Waals surface area contributed by atoms with Crippen molar-refractivity contribution in [1.29, 1.82) is 0 Å². The molecule has 2 aromatic carbocycles. The summed E-state index contributed by atoms with van der Waals surface area (Å²) >= 11 is 0. The number of nitrogens with zero attached hydrogens (tertiary/aromatic N) is 2. The zero-order valence-electron chi connectivity index (χ0n) is 19.1. The van der Waals surface area contributed by atoms with E-state index in [0.29, 0.717) is 62.0 Å². The van der Waals surface area contributed by atoms with Gasteiger partial charge in [0.1, 0.15) is 24.7 Å². The normalized spacial score (nSPS) is 17.0. The number of ether oxygens (including phenoxy) is 3. The summed E-state index contributed by atoms with van der Waals surface area (Å²) in [5.74, 6) is 1.15. The first-order valence-electron chi connectivity index (χ1n) is 11.2. The topological polar surface area (TPSA) is 120 Å². The first-order chi connectivity index (χ1) is 16.4. The maximum atomic E-state index is 13.0. The van der Waals surface area contributed by atoms with Crippen LogP contribution in [0.25, 0.3) is 0 Å². The molecule has 0 aliphatic carbocycles. The summed E-state index contributed by atoms with van der Waals surface area (Å²) in [6.07, 6.45) is 1.24. The van der Waals surface area contributed by atoms with Gasteiger partial charge in [0.25, 0.3) is 5.69 Å². The summed E-state index contributed by atoms with van der Waals surface area (Å²) < 4.78 is 16.1.